The third kappa shape index (κ3) is 10.2. The predicted octanol–water partition coefficient (Wildman–Crippen LogP) is 4.93. The summed E-state index contributed by atoms with van der Waals surface area (Å²) in [6.07, 6.45) is 0.627. The van der Waals surface area contributed by atoms with Crippen LogP contribution in [0.15, 0.2) is 113 Å². The molecule has 2 atom stereocenters. The van der Waals surface area contributed by atoms with Gasteiger partial charge in [0.2, 0.25) is 11.8 Å². The van der Waals surface area contributed by atoms with Gasteiger partial charge in [-0.15, -0.1) is 11.8 Å². The molecule has 15 nitrogen and oxygen atoms in total. The van der Waals surface area contributed by atoms with Crippen molar-refractivity contribution < 1.29 is 34.2 Å². The second kappa shape index (κ2) is 19.1. The van der Waals surface area contributed by atoms with Gasteiger partial charge in [-0.1, -0.05) is 24.8 Å². The molecule has 2 unspecified atom stereocenters. The van der Waals surface area contributed by atoms with Crippen LogP contribution in [0.4, 0.5) is 17.1 Å². The molecule has 0 spiro atoms. The van der Waals surface area contributed by atoms with Gasteiger partial charge >= 0.3 is 17.3 Å². The maximum atomic E-state index is 12.5. The average molecular weight is 817 g/mol. The quantitative estimate of drug-likeness (QED) is 0.0603. The number of thioether (sulfide) groups is 1. The molecule has 3 aromatic rings. The van der Waals surface area contributed by atoms with E-state index in [9.17, 15) is 29.4 Å². The van der Waals surface area contributed by atoms with Crippen molar-refractivity contribution >= 4 is 69.3 Å². The van der Waals surface area contributed by atoms with E-state index in [1.807, 2.05) is 72.6 Å². The standard InChI is InChI=1S/C43H45N9O6S/c1-5-51(6-2)32-19-21-34-36(24-32)52(31-11-8-7-9-12-31)35-23-29(16-20-33(35)45-34)49-48-28-14-17-30(18-15-28)50(4)22-10-13-37(53)44-25-38(54)46-40(43(57)58)41-47-39(42(55)56)27(3)26-59-41/h7-9,11-12,14-21,23-24,40-41H,3,5-6,10,13,22,25-26H2,1-2,4H3,(H3-,44,46,53,54,55,56,57,58)/p+1. The normalized spacial score (nSPS) is 14.2. The largest absolute Gasteiger partial charge is 0.480 e. The summed E-state index contributed by atoms with van der Waals surface area (Å²) in [6, 6.07) is 28.6. The number of carbonyl (C=O) groups excluding carboxylic acids is 2. The SMILES string of the molecule is C=C1CSC(C(NC(=O)CNC(=O)CCCN(C)c2ccc(N=[N+]=c3ccc4nc5ccc(N(CC)CC)cc5n(-c5ccccc5)c-4c3)cc2)C(=O)O)N=C1C(=O)O. The minimum atomic E-state index is -1.48. The van der Waals surface area contributed by atoms with Crippen molar-refractivity contribution in [3.63, 3.8) is 0 Å². The third-order valence-electron chi connectivity index (χ3n) is 9.79. The molecule has 0 bridgehead atoms. The first-order valence-corrected chi connectivity index (χ1v) is 20.2. The zero-order valence-corrected chi connectivity index (χ0v) is 33.9. The number of rotatable bonds is 16. The number of anilines is 2. The van der Waals surface area contributed by atoms with Gasteiger partial charge in [0.25, 0.3) is 0 Å². The first-order valence-electron chi connectivity index (χ1n) is 19.2. The second-order valence-corrected chi connectivity index (χ2v) is 14.9. The lowest BCUT2D eigenvalue weighted by atomic mass is 10.1. The van der Waals surface area contributed by atoms with Crippen LogP contribution >= 0.6 is 11.8 Å². The Balaban J connectivity index is 1.07. The van der Waals surface area contributed by atoms with Gasteiger partial charge in [0, 0.05) is 62.0 Å². The van der Waals surface area contributed by atoms with Crippen LogP contribution in [-0.4, -0.2) is 104 Å². The number of carbonyl (C=O) groups is 4. The summed E-state index contributed by atoms with van der Waals surface area (Å²) in [5.41, 5.74) is 7.31. The molecule has 6 rings (SSSR count). The Labute approximate surface area is 345 Å². The summed E-state index contributed by atoms with van der Waals surface area (Å²) in [5, 5.41) is 27.9. The van der Waals surface area contributed by atoms with E-state index in [0.717, 1.165) is 64.3 Å². The number of para-hydroxylation sites is 1. The number of aliphatic carboxylic acids is 2. The van der Waals surface area contributed by atoms with Crippen molar-refractivity contribution in [2.45, 2.75) is 38.1 Å². The van der Waals surface area contributed by atoms with Crippen molar-refractivity contribution in [2.75, 3.05) is 48.8 Å². The number of hydrogen-bond donors (Lipinski definition) is 4. The lowest BCUT2D eigenvalue weighted by Gasteiger charge is -2.25. The average Bonchev–Trinajstić information content (AvgIpc) is 3.24. The predicted molar refractivity (Wildman–Crippen MR) is 229 cm³/mol. The van der Waals surface area contributed by atoms with Gasteiger partial charge in [0.05, 0.1) is 39.8 Å². The zero-order valence-electron chi connectivity index (χ0n) is 33.0. The van der Waals surface area contributed by atoms with Gasteiger partial charge in [-0.25, -0.2) is 14.6 Å². The Morgan fingerprint density at radius 3 is 2.39 bits per heavy atom. The Kier molecular flexibility index (Phi) is 13.6. The molecule has 4 N–H and O–H groups in total. The van der Waals surface area contributed by atoms with Gasteiger partial charge < -0.3 is 35.2 Å². The summed E-state index contributed by atoms with van der Waals surface area (Å²) in [7, 11) is 1.91. The number of carboxylic acid groups (broad SMARTS) is 2. The number of aromatic nitrogens is 2. The van der Waals surface area contributed by atoms with Crippen molar-refractivity contribution in [3.8, 4) is 17.1 Å². The molecule has 1 aliphatic carbocycles. The van der Waals surface area contributed by atoms with Crippen molar-refractivity contribution in [1.82, 2.24) is 20.2 Å². The number of carboxylic acids is 2. The summed E-state index contributed by atoms with van der Waals surface area (Å²) in [4.78, 5) is 66.1. The second-order valence-electron chi connectivity index (χ2n) is 13.8. The molecule has 2 aliphatic heterocycles. The maximum absolute atomic E-state index is 12.5. The van der Waals surface area contributed by atoms with E-state index >= 15 is 0 Å². The highest BCUT2D eigenvalue weighted by Crippen LogP contribution is 2.31. The van der Waals surface area contributed by atoms with Crippen LogP contribution in [0, 0.1) is 0 Å². The van der Waals surface area contributed by atoms with Crippen LogP contribution in [-0.2, 0) is 19.2 Å². The van der Waals surface area contributed by atoms with Crippen molar-refractivity contribution in [2.24, 2.45) is 10.1 Å². The molecule has 0 saturated carbocycles. The first-order chi connectivity index (χ1) is 28.4. The lowest BCUT2D eigenvalue weighted by molar-refractivity contribution is -0.141. The fraction of sp³-hybridized carbons (Fsp3) is 0.279. The van der Waals surface area contributed by atoms with E-state index in [-0.39, 0.29) is 29.4 Å². The van der Waals surface area contributed by atoms with Gasteiger partial charge in [-0.05, 0) is 86.5 Å². The molecule has 3 aliphatic rings. The Morgan fingerprint density at radius 2 is 1.69 bits per heavy atom. The highest BCUT2D eigenvalue weighted by Gasteiger charge is 2.34. The third-order valence-corrected chi connectivity index (χ3v) is 11.0. The van der Waals surface area contributed by atoms with Gasteiger partial charge in [0.15, 0.2) is 6.04 Å². The number of fused-ring (bicyclic) bond motifs is 2. The minimum absolute atomic E-state index is 0.136. The molecule has 0 radical (unpaired) electrons. The minimum Gasteiger partial charge on any atom is -0.480 e. The lowest BCUT2D eigenvalue weighted by Crippen LogP contribution is -2.51. The van der Waals surface area contributed by atoms with Gasteiger partial charge in [-0.3, -0.25) is 14.6 Å². The number of nitrogens with zero attached hydrogens (tertiary/aromatic N) is 7. The van der Waals surface area contributed by atoms with Gasteiger partial charge in [-0.2, -0.15) is 0 Å². The summed E-state index contributed by atoms with van der Waals surface area (Å²) < 4.78 is 2.22. The summed E-state index contributed by atoms with van der Waals surface area (Å²) >= 11 is 1.06. The highest BCUT2D eigenvalue weighted by molar-refractivity contribution is 8.00. The zero-order chi connectivity index (χ0) is 42.1. The van der Waals surface area contributed by atoms with E-state index in [0.29, 0.717) is 24.0 Å². The van der Waals surface area contributed by atoms with E-state index < -0.39 is 35.8 Å². The molecule has 304 valence electrons. The van der Waals surface area contributed by atoms with Crippen LogP contribution < -0.4 is 25.8 Å². The van der Waals surface area contributed by atoms with E-state index in [1.54, 1.807) is 0 Å². The number of amides is 2. The molecule has 2 heterocycles. The molecule has 16 heteroatoms. The van der Waals surface area contributed by atoms with Crippen LogP contribution in [0.1, 0.15) is 26.7 Å². The summed E-state index contributed by atoms with van der Waals surface area (Å²) in [6.45, 7) is 9.85. The fourth-order valence-corrected chi connectivity index (χ4v) is 7.73. The molecule has 0 aromatic heterocycles. The molecular weight excluding hydrogens is 771 g/mol. The molecule has 3 aromatic carbocycles. The molecule has 2 amide bonds. The summed E-state index contributed by atoms with van der Waals surface area (Å²) in [5.74, 6) is -3.64. The number of benzene rings is 4. The number of aliphatic imine (C=N–C) groups is 1. The van der Waals surface area contributed by atoms with Crippen LogP contribution in [0.2, 0.25) is 0 Å². The topological polar surface area (TPSA) is 196 Å². The van der Waals surface area contributed by atoms with E-state index in [4.69, 9.17) is 4.98 Å². The van der Waals surface area contributed by atoms with Crippen LogP contribution in [0.3, 0.4) is 0 Å². The highest BCUT2D eigenvalue weighted by atomic mass is 32.2. The molecule has 0 fully saturated rings. The smallest absolute Gasteiger partial charge is 0.367 e. The van der Waals surface area contributed by atoms with Crippen molar-refractivity contribution in [1.29, 1.82) is 0 Å². The Bertz CT molecular complexity index is 2480. The molecule has 0 saturated heterocycles. The molecular formula is C43H46N9O6S+. The van der Waals surface area contributed by atoms with E-state index in [2.05, 4.69) is 85.8 Å². The van der Waals surface area contributed by atoms with Crippen LogP contribution in [0.5, 0.6) is 0 Å². The number of hydrogen-bond acceptors (Lipinski definition) is 10. The fourth-order valence-electron chi connectivity index (χ4n) is 6.66. The monoisotopic (exact) mass is 816 g/mol. The van der Waals surface area contributed by atoms with Crippen LogP contribution in [0.25, 0.3) is 28.1 Å². The van der Waals surface area contributed by atoms with E-state index in [1.165, 1.54) is 0 Å². The van der Waals surface area contributed by atoms with Gasteiger partial charge in [0.1, 0.15) is 21.9 Å². The molecule has 59 heavy (non-hydrogen) atoms. The Hall–Kier alpha value is -6.77. The van der Waals surface area contributed by atoms with Crippen molar-refractivity contribution in [3.05, 3.63) is 109 Å². The maximum Gasteiger partial charge on any atom is 0.367 e. The number of nitrogens with one attached hydrogen (secondary N) is 2. The Morgan fingerprint density at radius 1 is 0.966 bits per heavy atom. The first kappa shape index (κ1) is 41.9.